The minimum Gasteiger partial charge on any atom is -0.490 e. The number of halogens is 2. The first-order chi connectivity index (χ1) is 18.4. The number of para-hydroxylation sites is 1. The smallest absolute Gasteiger partial charge is 0.282 e. The average molecular weight is 595 g/mol. The summed E-state index contributed by atoms with van der Waals surface area (Å²) < 4.78 is 20.0. The van der Waals surface area contributed by atoms with Gasteiger partial charge in [-0.2, -0.15) is 9.78 Å². The Balaban J connectivity index is 1.64. The zero-order valence-corrected chi connectivity index (χ0v) is 23.4. The van der Waals surface area contributed by atoms with Crippen molar-refractivity contribution in [3.05, 3.63) is 86.1 Å². The van der Waals surface area contributed by atoms with E-state index in [4.69, 9.17) is 30.5 Å². The summed E-state index contributed by atoms with van der Waals surface area (Å²) in [6, 6.07) is 18.2. The lowest BCUT2D eigenvalue weighted by molar-refractivity contribution is 0.203. The number of benzene rings is 3. The molecule has 0 fully saturated rings. The first-order valence-corrected chi connectivity index (χ1v) is 13.4. The van der Waals surface area contributed by atoms with E-state index < -0.39 is 0 Å². The van der Waals surface area contributed by atoms with Crippen molar-refractivity contribution in [1.82, 2.24) is 9.66 Å². The summed E-state index contributed by atoms with van der Waals surface area (Å²) in [6.45, 7) is 6.33. The molecule has 2 aromatic heterocycles. The van der Waals surface area contributed by atoms with Crippen LogP contribution < -0.4 is 15.0 Å². The maximum absolute atomic E-state index is 13.5. The molecular weight excluding hydrogens is 570 g/mol. The highest BCUT2D eigenvalue weighted by atomic mass is 79.9. The third-order valence-corrected chi connectivity index (χ3v) is 6.77. The van der Waals surface area contributed by atoms with Crippen molar-refractivity contribution < 1.29 is 13.9 Å². The van der Waals surface area contributed by atoms with E-state index in [0.29, 0.717) is 50.9 Å². The van der Waals surface area contributed by atoms with Crippen LogP contribution in [0.1, 0.15) is 32.8 Å². The van der Waals surface area contributed by atoms with Gasteiger partial charge in [0, 0.05) is 9.86 Å². The Morgan fingerprint density at radius 3 is 2.76 bits per heavy atom. The molecular formula is C29H25BrClN3O4. The second-order valence-corrected chi connectivity index (χ2v) is 10.0. The van der Waals surface area contributed by atoms with E-state index in [1.54, 1.807) is 36.5 Å². The van der Waals surface area contributed by atoms with Crippen LogP contribution in [0.25, 0.3) is 33.5 Å². The summed E-state index contributed by atoms with van der Waals surface area (Å²) in [7, 11) is 0. The maximum atomic E-state index is 13.5. The molecule has 9 heteroatoms. The fraction of sp³-hybridized carbons (Fsp3) is 0.207. The Kier molecular flexibility index (Phi) is 7.53. The molecule has 194 valence electrons. The van der Waals surface area contributed by atoms with Gasteiger partial charge in [0.15, 0.2) is 17.3 Å². The first kappa shape index (κ1) is 26.0. The third kappa shape index (κ3) is 5.19. The van der Waals surface area contributed by atoms with Gasteiger partial charge >= 0.3 is 0 Å². The Labute approximate surface area is 232 Å². The van der Waals surface area contributed by atoms with Gasteiger partial charge in [0.1, 0.15) is 5.58 Å². The highest BCUT2D eigenvalue weighted by Gasteiger charge is 2.18. The van der Waals surface area contributed by atoms with Gasteiger partial charge in [0.25, 0.3) is 5.56 Å². The highest BCUT2D eigenvalue weighted by Crippen LogP contribution is 2.37. The van der Waals surface area contributed by atoms with Gasteiger partial charge < -0.3 is 13.9 Å². The minimum absolute atomic E-state index is 0.0273. The van der Waals surface area contributed by atoms with Crippen molar-refractivity contribution in [2.45, 2.75) is 33.3 Å². The lowest BCUT2D eigenvalue weighted by Gasteiger charge is -2.18. The first-order valence-electron chi connectivity index (χ1n) is 12.3. The zero-order valence-electron chi connectivity index (χ0n) is 21.1. The summed E-state index contributed by atoms with van der Waals surface area (Å²) in [5.41, 5.74) is 1.53. The number of hydrogen-bond acceptors (Lipinski definition) is 6. The highest BCUT2D eigenvalue weighted by molar-refractivity contribution is 9.10. The van der Waals surface area contributed by atoms with E-state index in [2.05, 4.69) is 21.0 Å². The van der Waals surface area contributed by atoms with Gasteiger partial charge in [-0.3, -0.25) is 4.79 Å². The molecule has 0 aliphatic carbocycles. The molecule has 1 atom stereocenters. The standard InChI is InChI=1S/C29H25BrClN3O4/c1-4-17(3)37-27-22(31)12-18(13-25(27)36-5-2)16-32-34-28(33-23-9-7-6-8-21(23)29(34)35)26-15-19-14-20(30)10-11-24(19)38-26/h6-17H,4-5H2,1-3H3/t17-/m1/s1. The molecule has 3 aromatic carbocycles. The average Bonchev–Trinajstić information content (AvgIpc) is 3.33. The van der Waals surface area contributed by atoms with Gasteiger partial charge in [-0.1, -0.05) is 46.6 Å². The lowest BCUT2D eigenvalue weighted by atomic mass is 10.2. The molecule has 0 N–H and O–H groups in total. The van der Waals surface area contributed by atoms with Crippen LogP contribution in [-0.2, 0) is 0 Å². The minimum atomic E-state index is -0.323. The number of aromatic nitrogens is 2. The van der Waals surface area contributed by atoms with E-state index in [9.17, 15) is 4.79 Å². The molecule has 5 rings (SSSR count). The number of hydrogen-bond donors (Lipinski definition) is 0. The van der Waals surface area contributed by atoms with Crippen LogP contribution >= 0.6 is 27.5 Å². The van der Waals surface area contributed by atoms with Crippen LogP contribution in [0, 0.1) is 0 Å². The third-order valence-electron chi connectivity index (χ3n) is 6.00. The number of furan rings is 1. The van der Waals surface area contributed by atoms with Crippen molar-refractivity contribution >= 4 is 55.6 Å². The van der Waals surface area contributed by atoms with Gasteiger partial charge in [0.2, 0.25) is 5.82 Å². The van der Waals surface area contributed by atoms with E-state index >= 15 is 0 Å². The van der Waals surface area contributed by atoms with Crippen LogP contribution in [0.15, 0.2) is 79.4 Å². The second kappa shape index (κ2) is 11.0. The van der Waals surface area contributed by atoms with Crippen molar-refractivity contribution in [3.8, 4) is 23.1 Å². The Morgan fingerprint density at radius 2 is 1.97 bits per heavy atom. The van der Waals surface area contributed by atoms with E-state index in [1.165, 1.54) is 4.68 Å². The zero-order chi connectivity index (χ0) is 26.8. The van der Waals surface area contributed by atoms with Crippen LogP contribution in [-0.4, -0.2) is 28.6 Å². The molecule has 0 bridgehead atoms. The predicted octanol–water partition coefficient (Wildman–Crippen LogP) is 7.68. The van der Waals surface area contributed by atoms with Crippen LogP contribution in [0.3, 0.4) is 0 Å². The predicted molar refractivity (Wildman–Crippen MR) is 155 cm³/mol. The lowest BCUT2D eigenvalue weighted by Crippen LogP contribution is -2.20. The monoisotopic (exact) mass is 593 g/mol. The maximum Gasteiger partial charge on any atom is 0.282 e. The van der Waals surface area contributed by atoms with Crippen molar-refractivity contribution in [2.24, 2.45) is 5.10 Å². The van der Waals surface area contributed by atoms with Crippen LogP contribution in [0.4, 0.5) is 0 Å². The summed E-state index contributed by atoms with van der Waals surface area (Å²) in [6.07, 6.45) is 2.34. The molecule has 5 aromatic rings. The van der Waals surface area contributed by atoms with E-state index in [1.807, 2.05) is 51.1 Å². The molecule has 0 unspecified atom stereocenters. The fourth-order valence-electron chi connectivity index (χ4n) is 3.96. The normalized spacial score (nSPS) is 12.4. The SMILES string of the molecule is CCOc1cc(C=Nn2c(-c3cc4cc(Br)ccc4o3)nc3ccccc3c2=O)cc(Cl)c1O[C@H](C)CC. The van der Waals surface area contributed by atoms with Crippen molar-refractivity contribution in [1.29, 1.82) is 0 Å². The van der Waals surface area contributed by atoms with Gasteiger partial charge in [0.05, 0.1) is 34.9 Å². The molecule has 0 radical (unpaired) electrons. The van der Waals surface area contributed by atoms with Crippen molar-refractivity contribution in [3.63, 3.8) is 0 Å². The summed E-state index contributed by atoms with van der Waals surface area (Å²) >= 11 is 10.1. The van der Waals surface area contributed by atoms with E-state index in [0.717, 1.165) is 16.3 Å². The molecule has 0 amide bonds. The molecule has 0 spiro atoms. The molecule has 0 aliphatic rings. The Morgan fingerprint density at radius 1 is 1.16 bits per heavy atom. The fourth-order valence-corrected chi connectivity index (χ4v) is 4.61. The van der Waals surface area contributed by atoms with Gasteiger partial charge in [-0.25, -0.2) is 4.98 Å². The molecule has 0 saturated carbocycles. The second-order valence-electron chi connectivity index (χ2n) is 8.71. The van der Waals surface area contributed by atoms with Crippen molar-refractivity contribution in [2.75, 3.05) is 6.61 Å². The number of fused-ring (bicyclic) bond motifs is 2. The number of nitrogens with zero attached hydrogens (tertiary/aromatic N) is 3. The van der Waals surface area contributed by atoms with Gasteiger partial charge in [-0.15, -0.1) is 0 Å². The molecule has 0 saturated heterocycles. The van der Waals surface area contributed by atoms with E-state index in [-0.39, 0.29) is 17.5 Å². The number of ether oxygens (including phenoxy) is 2. The Bertz CT molecular complexity index is 1730. The topological polar surface area (TPSA) is 78.9 Å². The number of rotatable bonds is 8. The summed E-state index contributed by atoms with van der Waals surface area (Å²) in [5, 5.41) is 6.24. The Hall–Kier alpha value is -3.62. The quantitative estimate of drug-likeness (QED) is 0.172. The molecule has 7 nitrogen and oxygen atoms in total. The van der Waals surface area contributed by atoms with Gasteiger partial charge in [-0.05, 0) is 74.4 Å². The summed E-state index contributed by atoms with van der Waals surface area (Å²) in [4.78, 5) is 18.3. The van der Waals surface area contributed by atoms with Crippen LogP contribution in [0.5, 0.6) is 11.5 Å². The molecule has 38 heavy (non-hydrogen) atoms. The summed E-state index contributed by atoms with van der Waals surface area (Å²) in [5.74, 6) is 1.70. The molecule has 0 aliphatic heterocycles. The molecule has 2 heterocycles. The van der Waals surface area contributed by atoms with Crippen LogP contribution in [0.2, 0.25) is 5.02 Å². The largest absolute Gasteiger partial charge is 0.490 e.